The van der Waals surface area contributed by atoms with Crippen LogP contribution in [0.25, 0.3) is 0 Å². The van der Waals surface area contributed by atoms with E-state index >= 15 is 0 Å². The fourth-order valence-electron chi connectivity index (χ4n) is 2.09. The lowest BCUT2D eigenvalue weighted by molar-refractivity contribution is 0.412. The maximum atomic E-state index is 8.90. The minimum Gasteiger partial charge on any atom is -0.495 e. The number of methoxy groups -OCH3 is 1. The quantitative estimate of drug-likeness (QED) is 0.750. The number of rotatable bonds is 7. The third-order valence-corrected chi connectivity index (χ3v) is 3.38. The summed E-state index contributed by atoms with van der Waals surface area (Å²) in [7, 11) is 1.60. The van der Waals surface area contributed by atoms with Crippen LogP contribution < -0.4 is 10.1 Å². The first-order valence-electron chi connectivity index (χ1n) is 6.61. The predicted molar refractivity (Wildman–Crippen MR) is 71.4 cm³/mol. The largest absolute Gasteiger partial charge is 0.495 e. The Morgan fingerprint density at radius 3 is 2.94 bits per heavy atom. The first-order chi connectivity index (χ1) is 8.83. The van der Waals surface area contributed by atoms with Gasteiger partial charge in [-0.15, -0.1) is 0 Å². The van der Waals surface area contributed by atoms with E-state index in [1.54, 1.807) is 7.11 Å². The van der Waals surface area contributed by atoms with Gasteiger partial charge in [-0.1, -0.05) is 18.9 Å². The zero-order valence-corrected chi connectivity index (χ0v) is 10.9. The third kappa shape index (κ3) is 3.75. The van der Waals surface area contributed by atoms with Crippen molar-refractivity contribution in [3.63, 3.8) is 0 Å². The highest BCUT2D eigenvalue weighted by Crippen LogP contribution is 2.33. The standard InChI is InChI=1S/C15H20N2O/c1-18-15-9-13(6-7-14(15)10-16)11-17-8-2-3-12-4-5-12/h6-7,9,12,17H,2-5,8,11H2,1H3. The van der Waals surface area contributed by atoms with Gasteiger partial charge < -0.3 is 10.1 Å². The predicted octanol–water partition coefficient (Wildman–Crippen LogP) is 2.85. The summed E-state index contributed by atoms with van der Waals surface area (Å²) in [5.74, 6) is 1.68. The second-order valence-electron chi connectivity index (χ2n) is 4.91. The second-order valence-corrected chi connectivity index (χ2v) is 4.91. The molecule has 1 aliphatic carbocycles. The summed E-state index contributed by atoms with van der Waals surface area (Å²) in [4.78, 5) is 0. The van der Waals surface area contributed by atoms with Crippen LogP contribution in [0.2, 0.25) is 0 Å². The number of nitrogens with zero attached hydrogens (tertiary/aromatic N) is 1. The summed E-state index contributed by atoms with van der Waals surface area (Å²) in [5.41, 5.74) is 1.76. The molecule has 2 rings (SSSR count). The Bertz CT molecular complexity index is 433. The summed E-state index contributed by atoms with van der Waals surface area (Å²) in [6.45, 7) is 1.91. The fraction of sp³-hybridized carbons (Fsp3) is 0.533. The van der Waals surface area contributed by atoms with Crippen LogP contribution in [-0.2, 0) is 6.54 Å². The molecule has 1 fully saturated rings. The molecule has 1 aromatic rings. The van der Waals surface area contributed by atoms with E-state index in [4.69, 9.17) is 10.00 Å². The Balaban J connectivity index is 1.76. The Kier molecular flexibility index (Phi) is 4.60. The van der Waals surface area contributed by atoms with Crippen LogP contribution in [0.15, 0.2) is 18.2 Å². The molecule has 0 heterocycles. The normalized spacial score (nSPS) is 14.2. The Morgan fingerprint density at radius 1 is 1.44 bits per heavy atom. The molecule has 3 nitrogen and oxygen atoms in total. The van der Waals surface area contributed by atoms with E-state index in [2.05, 4.69) is 11.4 Å². The molecule has 1 N–H and O–H groups in total. The minimum absolute atomic E-state index is 0.593. The molecule has 0 saturated heterocycles. The molecule has 0 aliphatic heterocycles. The van der Waals surface area contributed by atoms with Crippen molar-refractivity contribution in [2.45, 2.75) is 32.2 Å². The number of hydrogen-bond donors (Lipinski definition) is 1. The van der Waals surface area contributed by atoms with E-state index in [9.17, 15) is 0 Å². The van der Waals surface area contributed by atoms with E-state index in [0.29, 0.717) is 11.3 Å². The highest BCUT2D eigenvalue weighted by atomic mass is 16.5. The van der Waals surface area contributed by atoms with Gasteiger partial charge in [0, 0.05) is 6.54 Å². The number of hydrogen-bond acceptors (Lipinski definition) is 3. The molecule has 96 valence electrons. The van der Waals surface area contributed by atoms with Gasteiger partial charge in [0.1, 0.15) is 11.8 Å². The number of benzene rings is 1. The SMILES string of the molecule is COc1cc(CNCCCC2CC2)ccc1C#N. The zero-order chi connectivity index (χ0) is 12.8. The summed E-state index contributed by atoms with van der Waals surface area (Å²) < 4.78 is 5.19. The van der Waals surface area contributed by atoms with Gasteiger partial charge in [-0.25, -0.2) is 0 Å². The van der Waals surface area contributed by atoms with Crippen molar-refractivity contribution in [2.75, 3.05) is 13.7 Å². The Morgan fingerprint density at radius 2 is 2.28 bits per heavy atom. The molecule has 0 amide bonds. The van der Waals surface area contributed by atoms with Gasteiger partial charge in [0.15, 0.2) is 0 Å². The van der Waals surface area contributed by atoms with E-state index in [-0.39, 0.29) is 0 Å². The number of nitrogens with one attached hydrogen (secondary N) is 1. The number of ether oxygens (including phenoxy) is 1. The molecule has 18 heavy (non-hydrogen) atoms. The topological polar surface area (TPSA) is 45.0 Å². The Labute approximate surface area is 109 Å². The monoisotopic (exact) mass is 244 g/mol. The van der Waals surface area contributed by atoms with Crippen LogP contribution in [-0.4, -0.2) is 13.7 Å². The van der Waals surface area contributed by atoms with E-state index in [0.717, 1.165) is 24.6 Å². The summed E-state index contributed by atoms with van der Waals surface area (Å²) in [6, 6.07) is 7.86. The van der Waals surface area contributed by atoms with Gasteiger partial charge in [0.25, 0.3) is 0 Å². The number of nitriles is 1. The van der Waals surface area contributed by atoms with E-state index in [1.165, 1.54) is 25.7 Å². The molecule has 1 aliphatic rings. The highest BCUT2D eigenvalue weighted by Gasteiger charge is 2.19. The molecule has 0 aromatic heterocycles. The highest BCUT2D eigenvalue weighted by molar-refractivity contribution is 5.45. The molecule has 3 heteroatoms. The minimum atomic E-state index is 0.593. The summed E-state index contributed by atoms with van der Waals surface area (Å²) >= 11 is 0. The smallest absolute Gasteiger partial charge is 0.136 e. The van der Waals surface area contributed by atoms with Crippen molar-refractivity contribution in [1.82, 2.24) is 5.32 Å². The first-order valence-corrected chi connectivity index (χ1v) is 6.61. The van der Waals surface area contributed by atoms with Crippen LogP contribution in [0.4, 0.5) is 0 Å². The third-order valence-electron chi connectivity index (χ3n) is 3.38. The lowest BCUT2D eigenvalue weighted by Crippen LogP contribution is -2.14. The zero-order valence-electron chi connectivity index (χ0n) is 10.9. The summed E-state index contributed by atoms with van der Waals surface area (Å²) in [6.07, 6.45) is 5.50. The maximum absolute atomic E-state index is 8.90. The molecular weight excluding hydrogens is 224 g/mol. The maximum Gasteiger partial charge on any atom is 0.136 e. The van der Waals surface area contributed by atoms with Gasteiger partial charge in [-0.3, -0.25) is 0 Å². The van der Waals surface area contributed by atoms with Crippen LogP contribution >= 0.6 is 0 Å². The Hall–Kier alpha value is -1.53. The molecule has 0 spiro atoms. The lowest BCUT2D eigenvalue weighted by Gasteiger charge is -2.07. The van der Waals surface area contributed by atoms with Gasteiger partial charge in [-0.2, -0.15) is 5.26 Å². The van der Waals surface area contributed by atoms with Crippen LogP contribution in [0.3, 0.4) is 0 Å². The van der Waals surface area contributed by atoms with E-state index < -0.39 is 0 Å². The van der Waals surface area contributed by atoms with Crippen LogP contribution in [0.5, 0.6) is 5.75 Å². The van der Waals surface area contributed by atoms with Gasteiger partial charge in [0.05, 0.1) is 12.7 Å². The molecular formula is C15H20N2O. The van der Waals surface area contributed by atoms with Crippen molar-refractivity contribution < 1.29 is 4.74 Å². The molecule has 0 radical (unpaired) electrons. The van der Waals surface area contributed by atoms with Crippen molar-refractivity contribution in [3.05, 3.63) is 29.3 Å². The molecule has 1 saturated carbocycles. The van der Waals surface area contributed by atoms with Gasteiger partial charge in [0.2, 0.25) is 0 Å². The van der Waals surface area contributed by atoms with Gasteiger partial charge in [-0.05, 0) is 43.0 Å². The average Bonchev–Trinajstić information content (AvgIpc) is 3.22. The second kappa shape index (κ2) is 6.42. The van der Waals surface area contributed by atoms with Crippen molar-refractivity contribution >= 4 is 0 Å². The first kappa shape index (κ1) is 12.9. The molecule has 0 unspecified atom stereocenters. The van der Waals surface area contributed by atoms with E-state index in [1.807, 2.05) is 18.2 Å². The average molecular weight is 244 g/mol. The summed E-state index contributed by atoms with van der Waals surface area (Å²) in [5, 5.41) is 12.3. The van der Waals surface area contributed by atoms with Crippen LogP contribution in [0.1, 0.15) is 36.8 Å². The molecule has 1 aromatic carbocycles. The van der Waals surface area contributed by atoms with Crippen molar-refractivity contribution in [2.24, 2.45) is 5.92 Å². The lowest BCUT2D eigenvalue weighted by atomic mass is 10.1. The van der Waals surface area contributed by atoms with Gasteiger partial charge >= 0.3 is 0 Å². The molecule has 0 atom stereocenters. The van der Waals surface area contributed by atoms with Crippen LogP contribution in [0, 0.1) is 17.2 Å². The van der Waals surface area contributed by atoms with Crippen molar-refractivity contribution in [3.8, 4) is 11.8 Å². The van der Waals surface area contributed by atoms with Crippen molar-refractivity contribution in [1.29, 1.82) is 5.26 Å². The fourth-order valence-corrected chi connectivity index (χ4v) is 2.09. The molecule has 0 bridgehead atoms.